The lowest BCUT2D eigenvalue weighted by Gasteiger charge is -2.08. The van der Waals surface area contributed by atoms with Gasteiger partial charge in [0.15, 0.2) is 5.78 Å². The van der Waals surface area contributed by atoms with Crippen LogP contribution in [0.4, 0.5) is 0 Å². The highest BCUT2D eigenvalue weighted by atomic mass is 79.9. The summed E-state index contributed by atoms with van der Waals surface area (Å²) in [6.07, 6.45) is 1.69. The number of benzene rings is 2. The Kier molecular flexibility index (Phi) is 4.18. The Morgan fingerprint density at radius 2 is 1.83 bits per heavy atom. The third-order valence-corrected chi connectivity index (χ3v) is 3.85. The fourth-order valence-electron chi connectivity index (χ4n) is 1.97. The summed E-state index contributed by atoms with van der Waals surface area (Å²) in [5.41, 5.74) is 0.824. The molecule has 2 aromatic rings. The number of hydrogen-bond donors (Lipinski definition) is 0. The van der Waals surface area contributed by atoms with E-state index >= 15 is 0 Å². The second kappa shape index (κ2) is 5.66. The number of carbonyl (C=O) groups is 1. The van der Waals surface area contributed by atoms with E-state index in [0.717, 1.165) is 27.2 Å². The highest BCUT2D eigenvalue weighted by Crippen LogP contribution is 2.22. The highest BCUT2D eigenvalue weighted by molar-refractivity contribution is 9.10. The first-order valence-corrected chi connectivity index (χ1v) is 7.12. The predicted molar refractivity (Wildman–Crippen MR) is 80.1 cm³/mol. The van der Waals surface area contributed by atoms with Gasteiger partial charge in [-0.3, -0.25) is 4.79 Å². The molecule has 0 radical (unpaired) electrons. The average molecular weight is 305 g/mol. The third-order valence-electron chi connectivity index (χ3n) is 3.36. The minimum atomic E-state index is 0.245. The number of ketones is 1. The van der Waals surface area contributed by atoms with Crippen LogP contribution >= 0.6 is 15.9 Å². The number of halogens is 1. The van der Waals surface area contributed by atoms with Gasteiger partial charge in [-0.15, -0.1) is 0 Å². The van der Waals surface area contributed by atoms with Crippen molar-refractivity contribution in [2.75, 3.05) is 0 Å². The minimum absolute atomic E-state index is 0.245. The fraction of sp³-hybridized carbons (Fsp3) is 0.312. The molecular weight excluding hydrogens is 288 g/mol. The number of carbonyl (C=O) groups excluding carboxylic acids is 1. The maximum atomic E-state index is 12.1. The van der Waals surface area contributed by atoms with Gasteiger partial charge in [0.1, 0.15) is 0 Å². The van der Waals surface area contributed by atoms with Crippen LogP contribution in [0.1, 0.15) is 37.0 Å². The smallest absolute Gasteiger partial charge is 0.163 e. The number of hydrogen-bond acceptors (Lipinski definition) is 1. The molecule has 0 heterocycles. The zero-order valence-electron chi connectivity index (χ0n) is 10.7. The van der Waals surface area contributed by atoms with Crippen LogP contribution < -0.4 is 0 Å². The molecule has 1 nitrogen and oxygen atoms in total. The largest absolute Gasteiger partial charge is 0.294 e. The molecule has 0 bridgehead atoms. The van der Waals surface area contributed by atoms with E-state index in [1.807, 2.05) is 30.3 Å². The molecule has 94 valence electrons. The molecule has 0 fully saturated rings. The average Bonchev–Trinajstić information content (AvgIpc) is 2.37. The van der Waals surface area contributed by atoms with Gasteiger partial charge in [0.25, 0.3) is 0 Å². The summed E-state index contributed by atoms with van der Waals surface area (Å²) in [6.45, 7) is 4.24. The van der Waals surface area contributed by atoms with Gasteiger partial charge in [-0.25, -0.2) is 0 Å². The Morgan fingerprint density at radius 1 is 1.17 bits per heavy atom. The molecule has 1 atom stereocenters. The number of Topliss-reactive ketones (excluding diaryl/α,β-unsaturated/α-hetero) is 1. The quantitative estimate of drug-likeness (QED) is 0.708. The first-order valence-electron chi connectivity index (χ1n) is 6.32. The molecule has 0 aliphatic carbocycles. The molecule has 0 aliphatic heterocycles. The molecule has 2 rings (SSSR count). The van der Waals surface area contributed by atoms with Crippen LogP contribution in [0.3, 0.4) is 0 Å². The van der Waals surface area contributed by atoms with Crippen molar-refractivity contribution in [2.24, 2.45) is 5.92 Å². The topological polar surface area (TPSA) is 17.1 Å². The minimum Gasteiger partial charge on any atom is -0.294 e. The molecule has 0 aromatic heterocycles. The van der Waals surface area contributed by atoms with E-state index in [9.17, 15) is 4.79 Å². The maximum Gasteiger partial charge on any atom is 0.163 e. The van der Waals surface area contributed by atoms with Gasteiger partial charge in [0.2, 0.25) is 0 Å². The summed E-state index contributed by atoms with van der Waals surface area (Å²) >= 11 is 3.45. The lowest BCUT2D eigenvalue weighted by atomic mass is 9.96. The molecule has 0 amide bonds. The van der Waals surface area contributed by atoms with Crippen molar-refractivity contribution >= 4 is 32.5 Å². The van der Waals surface area contributed by atoms with Gasteiger partial charge in [-0.05, 0) is 34.9 Å². The van der Waals surface area contributed by atoms with Crippen LogP contribution in [-0.4, -0.2) is 5.78 Å². The van der Waals surface area contributed by atoms with Gasteiger partial charge in [-0.1, -0.05) is 54.4 Å². The van der Waals surface area contributed by atoms with Crippen molar-refractivity contribution < 1.29 is 4.79 Å². The summed E-state index contributed by atoms with van der Waals surface area (Å²) < 4.78 is 1.06. The Labute approximate surface area is 116 Å². The summed E-state index contributed by atoms with van der Waals surface area (Å²) in [6, 6.07) is 12.1. The molecule has 0 saturated heterocycles. The summed E-state index contributed by atoms with van der Waals surface area (Å²) in [5, 5.41) is 2.28. The Hall–Kier alpha value is -1.15. The van der Waals surface area contributed by atoms with E-state index in [4.69, 9.17) is 0 Å². The van der Waals surface area contributed by atoms with Gasteiger partial charge >= 0.3 is 0 Å². The normalized spacial score (nSPS) is 12.6. The van der Waals surface area contributed by atoms with Crippen LogP contribution in [0.15, 0.2) is 40.9 Å². The first kappa shape index (κ1) is 13.3. The Bertz CT molecular complexity index is 574. The van der Waals surface area contributed by atoms with Crippen LogP contribution in [-0.2, 0) is 0 Å². The molecule has 2 heteroatoms. The third kappa shape index (κ3) is 2.99. The second-order valence-corrected chi connectivity index (χ2v) is 5.76. The van der Waals surface area contributed by atoms with Crippen molar-refractivity contribution in [3.63, 3.8) is 0 Å². The van der Waals surface area contributed by atoms with Crippen molar-refractivity contribution in [2.45, 2.75) is 26.7 Å². The van der Waals surface area contributed by atoms with E-state index in [0.29, 0.717) is 12.3 Å². The van der Waals surface area contributed by atoms with E-state index in [1.165, 1.54) is 0 Å². The number of fused-ring (bicyclic) bond motifs is 1. The molecule has 0 N–H and O–H groups in total. The van der Waals surface area contributed by atoms with Crippen molar-refractivity contribution in [3.8, 4) is 0 Å². The van der Waals surface area contributed by atoms with Crippen molar-refractivity contribution in [1.29, 1.82) is 0 Å². The second-order valence-electron chi connectivity index (χ2n) is 4.85. The van der Waals surface area contributed by atoms with Crippen LogP contribution in [0.5, 0.6) is 0 Å². The Morgan fingerprint density at radius 3 is 2.56 bits per heavy atom. The number of rotatable bonds is 4. The molecule has 18 heavy (non-hydrogen) atoms. The van der Waals surface area contributed by atoms with Gasteiger partial charge in [-0.2, -0.15) is 0 Å². The lowest BCUT2D eigenvalue weighted by Crippen LogP contribution is -2.05. The Balaban J connectivity index is 2.30. The van der Waals surface area contributed by atoms with Crippen molar-refractivity contribution in [1.82, 2.24) is 0 Å². The molecule has 0 saturated carbocycles. The van der Waals surface area contributed by atoms with E-state index in [-0.39, 0.29) is 5.78 Å². The van der Waals surface area contributed by atoms with Crippen LogP contribution in [0, 0.1) is 5.92 Å². The van der Waals surface area contributed by atoms with Gasteiger partial charge in [0.05, 0.1) is 0 Å². The standard InChI is InChI=1S/C16H17BrO/c1-3-11(2)8-16(18)14-5-4-13-10-15(17)7-6-12(13)9-14/h4-7,9-11H,3,8H2,1-2H3. The highest BCUT2D eigenvalue weighted by Gasteiger charge is 2.10. The summed E-state index contributed by atoms with van der Waals surface area (Å²) in [5.74, 6) is 0.701. The van der Waals surface area contributed by atoms with Gasteiger partial charge < -0.3 is 0 Å². The van der Waals surface area contributed by atoms with Crippen LogP contribution in [0.2, 0.25) is 0 Å². The SMILES string of the molecule is CCC(C)CC(=O)c1ccc2cc(Br)ccc2c1. The maximum absolute atomic E-state index is 12.1. The lowest BCUT2D eigenvalue weighted by molar-refractivity contribution is 0.0964. The zero-order valence-corrected chi connectivity index (χ0v) is 12.3. The fourth-order valence-corrected chi connectivity index (χ4v) is 2.35. The molecule has 2 aromatic carbocycles. The summed E-state index contributed by atoms with van der Waals surface area (Å²) in [7, 11) is 0. The summed E-state index contributed by atoms with van der Waals surface area (Å²) in [4.78, 5) is 12.1. The monoisotopic (exact) mass is 304 g/mol. The van der Waals surface area contributed by atoms with E-state index in [1.54, 1.807) is 0 Å². The molecular formula is C16H17BrO. The van der Waals surface area contributed by atoms with E-state index in [2.05, 4.69) is 35.8 Å². The molecule has 1 unspecified atom stereocenters. The van der Waals surface area contributed by atoms with Gasteiger partial charge in [0, 0.05) is 16.5 Å². The van der Waals surface area contributed by atoms with E-state index < -0.39 is 0 Å². The predicted octanol–water partition coefficient (Wildman–Crippen LogP) is 5.22. The van der Waals surface area contributed by atoms with Crippen LogP contribution in [0.25, 0.3) is 10.8 Å². The molecule has 0 spiro atoms. The first-order chi connectivity index (χ1) is 8.60. The molecule has 0 aliphatic rings. The van der Waals surface area contributed by atoms with Crippen molar-refractivity contribution in [3.05, 3.63) is 46.4 Å². The zero-order chi connectivity index (χ0) is 13.1.